The molecule has 0 radical (unpaired) electrons. The summed E-state index contributed by atoms with van der Waals surface area (Å²) >= 11 is 0. The van der Waals surface area contributed by atoms with Gasteiger partial charge in [0.25, 0.3) is 0 Å². The highest BCUT2D eigenvalue weighted by molar-refractivity contribution is 5.93. The Labute approximate surface area is 160 Å². The van der Waals surface area contributed by atoms with Crippen LogP contribution in [0.25, 0.3) is 0 Å². The Bertz CT molecular complexity index is 654. The number of aryl methyl sites for hydroxylation is 1. The Morgan fingerprint density at radius 1 is 1.26 bits per heavy atom. The van der Waals surface area contributed by atoms with Crippen LogP contribution >= 0.6 is 0 Å². The van der Waals surface area contributed by atoms with Gasteiger partial charge in [0.1, 0.15) is 5.76 Å². The summed E-state index contributed by atoms with van der Waals surface area (Å²) in [6.07, 6.45) is 3.44. The van der Waals surface area contributed by atoms with E-state index in [-0.39, 0.29) is 17.9 Å². The molecule has 2 fully saturated rings. The molecule has 2 atom stereocenters. The first-order valence-electron chi connectivity index (χ1n) is 9.94. The summed E-state index contributed by atoms with van der Waals surface area (Å²) in [5, 5.41) is 6.59. The minimum Gasteiger partial charge on any atom is -0.360 e. The molecule has 1 aromatic heterocycles. The molecule has 1 aromatic rings. The SMILES string of the molecule is Cc1cc(NC(=O)C(C)N2CCN(CC(=O)N3CCCCC3C)CC2)no1. The maximum Gasteiger partial charge on any atom is 0.242 e. The van der Waals surface area contributed by atoms with Crippen LogP contribution in [0, 0.1) is 6.92 Å². The van der Waals surface area contributed by atoms with Crippen LogP contribution in [0.15, 0.2) is 10.6 Å². The summed E-state index contributed by atoms with van der Waals surface area (Å²) in [6, 6.07) is 1.81. The predicted octanol–water partition coefficient (Wildman–Crippen LogP) is 1.33. The summed E-state index contributed by atoms with van der Waals surface area (Å²) in [6.45, 7) is 10.4. The van der Waals surface area contributed by atoms with Crippen LogP contribution in [-0.4, -0.2) is 83.0 Å². The van der Waals surface area contributed by atoms with Gasteiger partial charge in [-0.2, -0.15) is 0 Å². The summed E-state index contributed by atoms with van der Waals surface area (Å²) in [5.74, 6) is 1.27. The van der Waals surface area contributed by atoms with Crippen LogP contribution in [0.1, 0.15) is 38.9 Å². The maximum absolute atomic E-state index is 12.6. The number of piperazine rings is 1. The lowest BCUT2D eigenvalue weighted by molar-refractivity contribution is -0.136. The smallest absolute Gasteiger partial charge is 0.242 e. The van der Waals surface area contributed by atoms with E-state index in [2.05, 4.69) is 27.2 Å². The fourth-order valence-corrected chi connectivity index (χ4v) is 3.88. The number of nitrogens with zero attached hydrogens (tertiary/aromatic N) is 4. The Balaban J connectivity index is 1.43. The average molecular weight is 377 g/mol. The first-order chi connectivity index (χ1) is 12.9. The second-order valence-corrected chi connectivity index (χ2v) is 7.73. The molecule has 2 aliphatic heterocycles. The molecule has 0 saturated carbocycles. The lowest BCUT2D eigenvalue weighted by atomic mass is 10.0. The third kappa shape index (κ3) is 5.07. The Hall–Kier alpha value is -1.93. The van der Waals surface area contributed by atoms with Crippen molar-refractivity contribution in [2.75, 3.05) is 44.6 Å². The number of hydrogen-bond acceptors (Lipinski definition) is 6. The lowest BCUT2D eigenvalue weighted by Gasteiger charge is -2.39. The molecular formula is C19H31N5O3. The van der Waals surface area contributed by atoms with Crippen LogP contribution in [-0.2, 0) is 9.59 Å². The van der Waals surface area contributed by atoms with Gasteiger partial charge in [-0.15, -0.1) is 0 Å². The van der Waals surface area contributed by atoms with E-state index in [9.17, 15) is 9.59 Å². The van der Waals surface area contributed by atoms with E-state index in [1.807, 2.05) is 11.8 Å². The number of amides is 2. The highest BCUT2D eigenvalue weighted by Gasteiger charge is 2.29. The van der Waals surface area contributed by atoms with Crippen molar-refractivity contribution in [1.29, 1.82) is 0 Å². The molecule has 150 valence electrons. The van der Waals surface area contributed by atoms with Crippen LogP contribution in [0.3, 0.4) is 0 Å². The molecule has 0 aromatic carbocycles. The van der Waals surface area contributed by atoms with E-state index in [1.54, 1.807) is 13.0 Å². The molecule has 0 aliphatic carbocycles. The van der Waals surface area contributed by atoms with E-state index in [0.717, 1.165) is 45.6 Å². The van der Waals surface area contributed by atoms with Crippen molar-refractivity contribution in [2.24, 2.45) is 0 Å². The van der Waals surface area contributed by atoms with Crippen LogP contribution in [0.4, 0.5) is 5.82 Å². The van der Waals surface area contributed by atoms with Crippen LogP contribution < -0.4 is 5.32 Å². The topological polar surface area (TPSA) is 81.9 Å². The Morgan fingerprint density at radius 3 is 2.63 bits per heavy atom. The number of anilines is 1. The molecule has 3 rings (SSSR count). The number of carbonyl (C=O) groups is 2. The Kier molecular flexibility index (Phi) is 6.49. The van der Waals surface area contributed by atoms with Crippen molar-refractivity contribution in [3.05, 3.63) is 11.8 Å². The highest BCUT2D eigenvalue weighted by Crippen LogP contribution is 2.17. The lowest BCUT2D eigenvalue weighted by Crippen LogP contribution is -2.55. The van der Waals surface area contributed by atoms with E-state index in [1.165, 1.54) is 6.42 Å². The number of nitrogens with one attached hydrogen (secondary N) is 1. The number of carbonyl (C=O) groups excluding carboxylic acids is 2. The summed E-state index contributed by atoms with van der Waals surface area (Å²) < 4.78 is 4.98. The van der Waals surface area contributed by atoms with Gasteiger partial charge in [0, 0.05) is 44.8 Å². The Morgan fingerprint density at radius 2 is 2.00 bits per heavy atom. The molecule has 8 nitrogen and oxygen atoms in total. The van der Waals surface area contributed by atoms with E-state index in [4.69, 9.17) is 4.52 Å². The quantitative estimate of drug-likeness (QED) is 0.834. The van der Waals surface area contributed by atoms with Gasteiger partial charge < -0.3 is 14.7 Å². The minimum absolute atomic E-state index is 0.0880. The van der Waals surface area contributed by atoms with Gasteiger partial charge in [0.15, 0.2) is 5.82 Å². The zero-order chi connectivity index (χ0) is 19.4. The van der Waals surface area contributed by atoms with Gasteiger partial charge in [-0.25, -0.2) is 0 Å². The zero-order valence-electron chi connectivity index (χ0n) is 16.6. The van der Waals surface area contributed by atoms with E-state index < -0.39 is 0 Å². The second kappa shape index (κ2) is 8.84. The van der Waals surface area contributed by atoms with E-state index in [0.29, 0.717) is 24.2 Å². The van der Waals surface area contributed by atoms with Gasteiger partial charge in [-0.1, -0.05) is 5.16 Å². The largest absolute Gasteiger partial charge is 0.360 e. The van der Waals surface area contributed by atoms with Crippen molar-refractivity contribution >= 4 is 17.6 Å². The van der Waals surface area contributed by atoms with Gasteiger partial charge in [0.2, 0.25) is 11.8 Å². The van der Waals surface area contributed by atoms with Crippen molar-refractivity contribution < 1.29 is 14.1 Å². The first kappa shape index (κ1) is 19.8. The molecule has 2 aliphatic rings. The molecule has 27 heavy (non-hydrogen) atoms. The van der Waals surface area contributed by atoms with Crippen molar-refractivity contribution in [1.82, 2.24) is 19.9 Å². The first-order valence-corrected chi connectivity index (χ1v) is 9.94. The molecule has 2 saturated heterocycles. The number of rotatable bonds is 5. The van der Waals surface area contributed by atoms with Crippen molar-refractivity contribution in [3.8, 4) is 0 Å². The molecule has 8 heteroatoms. The normalized spacial score (nSPS) is 23.2. The summed E-state index contributed by atoms with van der Waals surface area (Å²) in [7, 11) is 0. The monoisotopic (exact) mass is 377 g/mol. The third-order valence-electron chi connectivity index (χ3n) is 5.70. The van der Waals surface area contributed by atoms with Crippen LogP contribution in [0.2, 0.25) is 0 Å². The van der Waals surface area contributed by atoms with Gasteiger partial charge in [-0.05, 0) is 40.0 Å². The molecular weight excluding hydrogens is 346 g/mol. The molecule has 0 bridgehead atoms. The maximum atomic E-state index is 12.6. The summed E-state index contributed by atoms with van der Waals surface area (Å²) in [4.78, 5) is 31.4. The fourth-order valence-electron chi connectivity index (χ4n) is 3.88. The van der Waals surface area contributed by atoms with Crippen molar-refractivity contribution in [2.45, 2.75) is 52.1 Å². The molecule has 3 heterocycles. The van der Waals surface area contributed by atoms with Gasteiger partial charge >= 0.3 is 0 Å². The predicted molar refractivity (Wildman–Crippen MR) is 102 cm³/mol. The van der Waals surface area contributed by atoms with Gasteiger partial charge in [-0.3, -0.25) is 19.4 Å². The van der Waals surface area contributed by atoms with Gasteiger partial charge in [0.05, 0.1) is 12.6 Å². The molecule has 2 unspecified atom stereocenters. The number of piperidine rings is 1. The van der Waals surface area contributed by atoms with Crippen LogP contribution in [0.5, 0.6) is 0 Å². The summed E-state index contributed by atoms with van der Waals surface area (Å²) in [5.41, 5.74) is 0. The number of likely N-dealkylation sites (tertiary alicyclic amines) is 1. The number of hydrogen-bond donors (Lipinski definition) is 1. The molecule has 1 N–H and O–H groups in total. The van der Waals surface area contributed by atoms with Crippen molar-refractivity contribution in [3.63, 3.8) is 0 Å². The second-order valence-electron chi connectivity index (χ2n) is 7.73. The average Bonchev–Trinajstić information content (AvgIpc) is 3.06. The minimum atomic E-state index is -0.248. The van der Waals surface area contributed by atoms with E-state index >= 15 is 0 Å². The highest BCUT2D eigenvalue weighted by atomic mass is 16.5. The molecule has 2 amide bonds. The molecule has 0 spiro atoms. The fraction of sp³-hybridized carbons (Fsp3) is 0.737. The third-order valence-corrected chi connectivity index (χ3v) is 5.70. The zero-order valence-corrected chi connectivity index (χ0v) is 16.6. The number of aromatic nitrogens is 1. The standard InChI is InChI=1S/C19H31N5O3/c1-14-6-4-5-7-24(14)18(25)13-22-8-10-23(11-9-22)16(3)19(26)20-17-12-15(2)27-21-17/h12,14,16H,4-11,13H2,1-3H3,(H,20,21,26).